The van der Waals surface area contributed by atoms with Gasteiger partial charge >= 0.3 is 23.9 Å². The molecule has 1 fully saturated rings. The highest BCUT2D eigenvalue weighted by Crippen LogP contribution is 2.41. The van der Waals surface area contributed by atoms with Gasteiger partial charge < -0.3 is 47.4 Å². The van der Waals surface area contributed by atoms with Crippen LogP contribution in [0.5, 0.6) is 0 Å². The van der Waals surface area contributed by atoms with Gasteiger partial charge in [-0.1, -0.05) is 26.8 Å². The number of hydrogen-bond donors (Lipinski definition) is 0. The number of rotatable bonds is 11. The second-order valence-electron chi connectivity index (χ2n) is 16.4. The number of cyclic esters (lactones) is 1. The van der Waals surface area contributed by atoms with Gasteiger partial charge in [0, 0.05) is 46.3 Å². The average Bonchev–Trinajstić information content (AvgIpc) is 3.15. The standard InChI is InChI=1S/C42H65ClO15/c1-15-31-40(10,58-32(46)21-43)18-22(2)34(47)23(3)19-41(11,49-13)36(57-39-30(53-28(8)44)17-16-24(4)51-39)25(5)35(26(6)38(48)55-31)56-33-20-42(12,50-14)37(27(7)52-33)54-29(9)45/h16-18,23-27,30-31,33,35-37,39H,15,19-21H2,1-14H3/b22-18+/t23-,24-,25+,26-,27+,30-,31-,33+,35+,36-,37+,39+,40+,41-,42-/m1/s1. The Kier molecular flexibility index (Phi) is 17.5. The largest absolute Gasteiger partial charge is 0.457 e. The molecule has 16 heteroatoms. The van der Waals surface area contributed by atoms with E-state index in [-0.39, 0.29) is 30.6 Å². The number of carbonyl (C=O) groups excluding carboxylic acids is 5. The van der Waals surface area contributed by atoms with E-state index in [1.807, 2.05) is 13.8 Å². The number of allylic oxidation sites excluding steroid dienone is 1. The number of Topliss-reactive ketones (excluding diaryl/α,β-unsaturated/α-hetero) is 1. The van der Waals surface area contributed by atoms with Crippen molar-refractivity contribution in [2.24, 2.45) is 17.8 Å². The van der Waals surface area contributed by atoms with Gasteiger partial charge in [-0.05, 0) is 79.0 Å². The van der Waals surface area contributed by atoms with Crippen molar-refractivity contribution in [2.75, 3.05) is 20.1 Å². The lowest BCUT2D eigenvalue weighted by Crippen LogP contribution is -2.60. The van der Waals surface area contributed by atoms with Crippen molar-refractivity contribution in [1.82, 2.24) is 0 Å². The van der Waals surface area contributed by atoms with E-state index in [0.717, 1.165) is 0 Å². The number of halogens is 1. The highest BCUT2D eigenvalue weighted by molar-refractivity contribution is 6.26. The third-order valence-corrected chi connectivity index (χ3v) is 11.7. The molecular formula is C42H65ClO15. The lowest BCUT2D eigenvalue weighted by Gasteiger charge is -2.49. The molecule has 0 aromatic carbocycles. The predicted octanol–water partition coefficient (Wildman–Crippen LogP) is 5.56. The van der Waals surface area contributed by atoms with Crippen LogP contribution in [0.25, 0.3) is 0 Å². The van der Waals surface area contributed by atoms with Gasteiger partial charge in [-0.15, -0.1) is 11.6 Å². The zero-order valence-corrected chi connectivity index (χ0v) is 37.2. The molecule has 3 aliphatic rings. The van der Waals surface area contributed by atoms with Crippen molar-refractivity contribution in [1.29, 1.82) is 0 Å². The van der Waals surface area contributed by atoms with E-state index in [9.17, 15) is 24.0 Å². The Morgan fingerprint density at radius 2 is 1.47 bits per heavy atom. The number of alkyl halides is 1. The summed E-state index contributed by atoms with van der Waals surface area (Å²) in [7, 11) is 2.99. The summed E-state index contributed by atoms with van der Waals surface area (Å²) < 4.78 is 61.7. The molecule has 3 heterocycles. The van der Waals surface area contributed by atoms with Crippen LogP contribution >= 0.6 is 11.6 Å². The van der Waals surface area contributed by atoms with Crippen LogP contribution in [0.15, 0.2) is 23.8 Å². The number of carbonyl (C=O) groups is 5. The topological polar surface area (TPSA) is 178 Å². The van der Waals surface area contributed by atoms with Gasteiger partial charge in [0.1, 0.15) is 17.6 Å². The molecule has 15 nitrogen and oxygen atoms in total. The second kappa shape index (κ2) is 20.6. The van der Waals surface area contributed by atoms with Crippen molar-refractivity contribution < 1.29 is 71.3 Å². The molecule has 3 rings (SSSR count). The van der Waals surface area contributed by atoms with E-state index in [2.05, 4.69) is 0 Å². The molecular weight excluding hydrogens is 780 g/mol. The van der Waals surface area contributed by atoms with Gasteiger partial charge in [0.15, 0.2) is 36.2 Å². The van der Waals surface area contributed by atoms with Gasteiger partial charge in [0.05, 0.1) is 35.9 Å². The molecule has 0 spiro atoms. The molecule has 330 valence electrons. The molecule has 3 aliphatic heterocycles. The maximum Gasteiger partial charge on any atom is 0.321 e. The van der Waals surface area contributed by atoms with Crippen LogP contribution in [-0.4, -0.2) is 122 Å². The lowest BCUT2D eigenvalue weighted by atomic mass is 9.76. The lowest BCUT2D eigenvalue weighted by molar-refractivity contribution is -0.311. The first-order valence-electron chi connectivity index (χ1n) is 19.9. The van der Waals surface area contributed by atoms with Crippen LogP contribution in [-0.2, 0) is 71.3 Å². The Balaban J connectivity index is 2.28. The van der Waals surface area contributed by atoms with Gasteiger partial charge in [-0.3, -0.25) is 24.0 Å². The zero-order chi connectivity index (χ0) is 43.9. The minimum atomic E-state index is -1.58. The zero-order valence-electron chi connectivity index (χ0n) is 36.5. The fraction of sp³-hybridized carbons (Fsp3) is 0.786. The van der Waals surface area contributed by atoms with Gasteiger partial charge in [-0.2, -0.15) is 0 Å². The third-order valence-electron chi connectivity index (χ3n) is 11.5. The Morgan fingerprint density at radius 3 is 2.02 bits per heavy atom. The van der Waals surface area contributed by atoms with E-state index in [4.69, 9.17) is 59.0 Å². The smallest absolute Gasteiger partial charge is 0.321 e. The molecule has 15 atom stereocenters. The summed E-state index contributed by atoms with van der Waals surface area (Å²) >= 11 is 5.86. The van der Waals surface area contributed by atoms with E-state index in [1.54, 1.807) is 67.5 Å². The first kappa shape index (κ1) is 49.4. The molecule has 0 saturated carbocycles. The summed E-state index contributed by atoms with van der Waals surface area (Å²) in [6.07, 6.45) is -2.79. The van der Waals surface area contributed by atoms with Gasteiger partial charge in [0.25, 0.3) is 0 Å². The van der Waals surface area contributed by atoms with E-state index in [0.29, 0.717) is 0 Å². The Labute approximate surface area is 348 Å². The summed E-state index contributed by atoms with van der Waals surface area (Å²) in [4.78, 5) is 65.7. The molecule has 0 amide bonds. The Morgan fingerprint density at radius 1 is 0.862 bits per heavy atom. The van der Waals surface area contributed by atoms with Crippen molar-refractivity contribution in [3.63, 3.8) is 0 Å². The average molecular weight is 845 g/mol. The first-order chi connectivity index (χ1) is 27.0. The fourth-order valence-electron chi connectivity index (χ4n) is 8.44. The Bertz CT molecular complexity index is 1530. The van der Waals surface area contributed by atoms with Crippen LogP contribution in [0, 0.1) is 17.8 Å². The van der Waals surface area contributed by atoms with Crippen LogP contribution in [0.4, 0.5) is 0 Å². The summed E-state index contributed by atoms with van der Waals surface area (Å²) in [6, 6.07) is 0. The summed E-state index contributed by atoms with van der Waals surface area (Å²) in [5.41, 5.74) is -3.67. The van der Waals surface area contributed by atoms with Crippen LogP contribution in [0.2, 0.25) is 0 Å². The summed E-state index contributed by atoms with van der Waals surface area (Å²) in [6.45, 7) is 19.9. The van der Waals surface area contributed by atoms with Crippen LogP contribution < -0.4 is 0 Å². The second-order valence-corrected chi connectivity index (χ2v) is 16.7. The molecule has 0 aliphatic carbocycles. The molecule has 0 bridgehead atoms. The monoisotopic (exact) mass is 844 g/mol. The van der Waals surface area contributed by atoms with Gasteiger partial charge in [-0.25, -0.2) is 0 Å². The Hall–Kier alpha value is -2.92. The number of ketones is 1. The SMILES string of the molecule is CC[C@H]1OC(=O)[C@H](C)[C@@H](O[C@H]2C[C@@](C)(OC)[C@@H](OC(C)=O)[C@H](C)O2)[C@H](C)[C@@H](O[C@@H]2O[C@H](C)C=C[C@H]2OC(C)=O)[C@](C)(OC)C[C@@H](C)C(=O)/C(C)=C/[C@]1(C)OC(=O)CCl. The molecule has 0 aromatic heterocycles. The maximum absolute atomic E-state index is 14.5. The minimum Gasteiger partial charge on any atom is -0.457 e. The number of esters is 4. The molecule has 58 heavy (non-hydrogen) atoms. The number of methoxy groups -OCH3 is 2. The minimum absolute atomic E-state index is 0.0893. The van der Waals surface area contributed by atoms with E-state index < -0.39 is 120 Å². The number of ether oxygens (including phenoxy) is 10. The molecule has 0 aromatic rings. The van der Waals surface area contributed by atoms with Crippen molar-refractivity contribution in [3.8, 4) is 0 Å². The van der Waals surface area contributed by atoms with Crippen LogP contribution in [0.1, 0.15) is 102 Å². The van der Waals surface area contributed by atoms with Crippen molar-refractivity contribution in [3.05, 3.63) is 23.8 Å². The van der Waals surface area contributed by atoms with E-state index >= 15 is 0 Å². The maximum atomic E-state index is 14.5. The van der Waals surface area contributed by atoms with Gasteiger partial charge in [0.2, 0.25) is 0 Å². The summed E-state index contributed by atoms with van der Waals surface area (Å²) in [5.74, 6) is -5.81. The number of hydrogen-bond acceptors (Lipinski definition) is 15. The molecule has 0 radical (unpaired) electrons. The molecule has 1 saturated heterocycles. The fourth-order valence-corrected chi connectivity index (χ4v) is 8.49. The van der Waals surface area contributed by atoms with Crippen LogP contribution in [0.3, 0.4) is 0 Å². The van der Waals surface area contributed by atoms with E-state index in [1.165, 1.54) is 34.1 Å². The molecule has 0 N–H and O–H groups in total. The highest BCUT2D eigenvalue weighted by Gasteiger charge is 2.53. The normalized spacial score (nSPS) is 41.3. The predicted molar refractivity (Wildman–Crippen MR) is 210 cm³/mol. The third kappa shape index (κ3) is 11.9. The first-order valence-corrected chi connectivity index (χ1v) is 20.5. The molecule has 0 unspecified atom stereocenters. The highest BCUT2D eigenvalue weighted by atomic mass is 35.5. The van der Waals surface area contributed by atoms with Crippen molar-refractivity contribution in [2.45, 2.75) is 174 Å². The summed E-state index contributed by atoms with van der Waals surface area (Å²) in [5, 5.41) is 0. The van der Waals surface area contributed by atoms with Crippen molar-refractivity contribution >= 4 is 41.3 Å². The quantitative estimate of drug-likeness (QED) is 0.109.